The molecule has 2 rings (SSSR count). The van der Waals surface area contributed by atoms with Gasteiger partial charge in [0, 0.05) is 19.6 Å². The zero-order valence-corrected chi connectivity index (χ0v) is 14.9. The van der Waals surface area contributed by atoms with Gasteiger partial charge in [0.1, 0.15) is 0 Å². The van der Waals surface area contributed by atoms with Gasteiger partial charge in [-0.25, -0.2) is 0 Å². The standard InChI is InChI=1S/C16H32N2O3S/c1-14-11-15(2)13-18(12-14)22(19,20)17-9-10-21-16-7-5-3-4-6-8-16/h14-17H,3-13H2,1-2H3/t14-,15-/m0/s1. The molecule has 2 fully saturated rings. The Morgan fingerprint density at radius 1 is 1.05 bits per heavy atom. The fraction of sp³-hybridized carbons (Fsp3) is 1.00. The third-order valence-electron chi connectivity index (χ3n) is 4.72. The summed E-state index contributed by atoms with van der Waals surface area (Å²) in [7, 11) is -3.36. The number of ether oxygens (including phenoxy) is 1. The first-order valence-electron chi connectivity index (χ1n) is 8.83. The smallest absolute Gasteiger partial charge is 0.279 e. The summed E-state index contributed by atoms with van der Waals surface area (Å²) in [6.45, 7) is 6.34. The van der Waals surface area contributed by atoms with Gasteiger partial charge < -0.3 is 4.74 Å². The lowest BCUT2D eigenvalue weighted by molar-refractivity contribution is 0.0469. The summed E-state index contributed by atoms with van der Waals surface area (Å²) in [6.07, 6.45) is 8.75. The van der Waals surface area contributed by atoms with Gasteiger partial charge in [0.15, 0.2) is 0 Å². The van der Waals surface area contributed by atoms with Crippen molar-refractivity contribution in [3.05, 3.63) is 0 Å². The average molecular weight is 333 g/mol. The normalized spacial score (nSPS) is 29.4. The number of nitrogens with one attached hydrogen (secondary N) is 1. The highest BCUT2D eigenvalue weighted by molar-refractivity contribution is 7.87. The second-order valence-corrected chi connectivity index (χ2v) is 8.90. The molecular formula is C16H32N2O3S. The molecule has 0 bridgehead atoms. The van der Waals surface area contributed by atoms with Crippen LogP contribution in [0, 0.1) is 11.8 Å². The van der Waals surface area contributed by atoms with Crippen LogP contribution in [0.25, 0.3) is 0 Å². The molecule has 1 saturated carbocycles. The van der Waals surface area contributed by atoms with Crippen LogP contribution in [0.5, 0.6) is 0 Å². The Kier molecular flexibility index (Phi) is 7.12. The topological polar surface area (TPSA) is 58.6 Å². The van der Waals surface area contributed by atoms with E-state index < -0.39 is 10.2 Å². The molecule has 1 N–H and O–H groups in total. The van der Waals surface area contributed by atoms with E-state index in [1.807, 2.05) is 0 Å². The summed E-state index contributed by atoms with van der Waals surface area (Å²) < 4.78 is 34.8. The molecule has 2 atom stereocenters. The molecule has 0 aromatic heterocycles. The van der Waals surface area contributed by atoms with E-state index in [2.05, 4.69) is 18.6 Å². The zero-order valence-electron chi connectivity index (χ0n) is 14.1. The van der Waals surface area contributed by atoms with Crippen molar-refractivity contribution in [3.8, 4) is 0 Å². The Hall–Kier alpha value is -0.170. The molecule has 0 unspecified atom stereocenters. The average Bonchev–Trinajstić information content (AvgIpc) is 2.71. The first kappa shape index (κ1) is 18.2. The van der Waals surface area contributed by atoms with Crippen LogP contribution in [0.1, 0.15) is 58.8 Å². The molecule has 130 valence electrons. The third kappa shape index (κ3) is 5.80. The highest BCUT2D eigenvalue weighted by Gasteiger charge is 2.30. The molecule has 0 spiro atoms. The zero-order chi connectivity index (χ0) is 16.0. The van der Waals surface area contributed by atoms with E-state index in [0.717, 1.165) is 19.3 Å². The van der Waals surface area contributed by atoms with Crippen molar-refractivity contribution >= 4 is 10.2 Å². The van der Waals surface area contributed by atoms with E-state index >= 15 is 0 Å². The first-order chi connectivity index (χ1) is 10.5. The first-order valence-corrected chi connectivity index (χ1v) is 10.3. The van der Waals surface area contributed by atoms with E-state index in [1.54, 1.807) is 4.31 Å². The highest BCUT2D eigenvalue weighted by atomic mass is 32.2. The van der Waals surface area contributed by atoms with Gasteiger partial charge in [-0.2, -0.15) is 17.4 Å². The van der Waals surface area contributed by atoms with Crippen molar-refractivity contribution in [2.75, 3.05) is 26.2 Å². The van der Waals surface area contributed by atoms with Crippen LogP contribution in [0.4, 0.5) is 0 Å². The predicted octanol–water partition coefficient (Wildman–Crippen LogP) is 2.54. The van der Waals surface area contributed by atoms with Crippen LogP contribution in [0.15, 0.2) is 0 Å². The van der Waals surface area contributed by atoms with Crippen LogP contribution >= 0.6 is 0 Å². The molecule has 1 aliphatic heterocycles. The molecule has 1 saturated heterocycles. The Labute approximate surface area is 136 Å². The molecule has 0 aromatic carbocycles. The van der Waals surface area contributed by atoms with Crippen molar-refractivity contribution in [1.29, 1.82) is 0 Å². The number of hydrogen-bond donors (Lipinski definition) is 1. The van der Waals surface area contributed by atoms with E-state index in [4.69, 9.17) is 4.74 Å². The third-order valence-corrected chi connectivity index (χ3v) is 6.26. The number of piperidine rings is 1. The minimum absolute atomic E-state index is 0.321. The van der Waals surface area contributed by atoms with Gasteiger partial charge >= 0.3 is 0 Å². The SMILES string of the molecule is C[C@H]1C[C@H](C)CN(S(=O)(=O)NCCOC2CCCCCC2)C1. The molecule has 6 heteroatoms. The molecule has 5 nitrogen and oxygen atoms in total. The Morgan fingerprint density at radius 3 is 2.23 bits per heavy atom. The van der Waals surface area contributed by atoms with Gasteiger partial charge in [0.05, 0.1) is 12.7 Å². The predicted molar refractivity (Wildman–Crippen MR) is 88.9 cm³/mol. The van der Waals surface area contributed by atoms with Crippen LogP contribution in [-0.4, -0.2) is 45.1 Å². The second kappa shape index (κ2) is 8.62. The minimum Gasteiger partial charge on any atom is -0.377 e. The van der Waals surface area contributed by atoms with E-state index in [9.17, 15) is 8.42 Å². The van der Waals surface area contributed by atoms with Gasteiger partial charge in [0.2, 0.25) is 0 Å². The number of hydrogen-bond acceptors (Lipinski definition) is 3. The lowest BCUT2D eigenvalue weighted by Gasteiger charge is -2.34. The lowest BCUT2D eigenvalue weighted by atomic mass is 9.94. The van der Waals surface area contributed by atoms with Crippen molar-refractivity contribution in [1.82, 2.24) is 9.03 Å². The summed E-state index contributed by atoms with van der Waals surface area (Å²) in [5.41, 5.74) is 0. The number of nitrogens with zero attached hydrogens (tertiary/aromatic N) is 1. The molecule has 1 aliphatic carbocycles. The minimum atomic E-state index is -3.36. The number of rotatable bonds is 6. The molecule has 0 radical (unpaired) electrons. The van der Waals surface area contributed by atoms with E-state index in [0.29, 0.717) is 44.2 Å². The maximum Gasteiger partial charge on any atom is 0.279 e. The maximum atomic E-state index is 12.3. The van der Waals surface area contributed by atoms with Crippen LogP contribution < -0.4 is 4.72 Å². The highest BCUT2D eigenvalue weighted by Crippen LogP contribution is 2.22. The fourth-order valence-corrected chi connectivity index (χ4v) is 5.12. The molecule has 0 aromatic rings. The fourth-order valence-electron chi connectivity index (χ4n) is 3.70. The van der Waals surface area contributed by atoms with Crippen LogP contribution in [0.2, 0.25) is 0 Å². The monoisotopic (exact) mass is 332 g/mol. The van der Waals surface area contributed by atoms with Crippen molar-refractivity contribution < 1.29 is 13.2 Å². The molecule has 22 heavy (non-hydrogen) atoms. The van der Waals surface area contributed by atoms with Gasteiger partial charge in [-0.05, 0) is 31.1 Å². The van der Waals surface area contributed by atoms with Gasteiger partial charge in [0.25, 0.3) is 10.2 Å². The molecule has 2 aliphatic rings. The van der Waals surface area contributed by atoms with Crippen LogP contribution in [0.3, 0.4) is 0 Å². The molecule has 1 heterocycles. The summed E-state index contributed by atoms with van der Waals surface area (Å²) in [4.78, 5) is 0. The summed E-state index contributed by atoms with van der Waals surface area (Å²) >= 11 is 0. The van der Waals surface area contributed by atoms with Crippen molar-refractivity contribution in [2.24, 2.45) is 11.8 Å². The van der Waals surface area contributed by atoms with Crippen LogP contribution in [-0.2, 0) is 14.9 Å². The Morgan fingerprint density at radius 2 is 1.64 bits per heavy atom. The van der Waals surface area contributed by atoms with E-state index in [1.165, 1.54) is 25.7 Å². The van der Waals surface area contributed by atoms with Gasteiger partial charge in [-0.15, -0.1) is 0 Å². The summed E-state index contributed by atoms with van der Waals surface area (Å²) in [5.74, 6) is 0.866. The van der Waals surface area contributed by atoms with E-state index in [-0.39, 0.29) is 0 Å². The van der Waals surface area contributed by atoms with Gasteiger partial charge in [-0.1, -0.05) is 39.5 Å². The van der Waals surface area contributed by atoms with Crippen molar-refractivity contribution in [2.45, 2.75) is 64.9 Å². The largest absolute Gasteiger partial charge is 0.377 e. The molecule has 0 amide bonds. The Balaban J connectivity index is 1.70. The Bertz CT molecular complexity index is 409. The second-order valence-electron chi connectivity index (χ2n) is 7.15. The summed E-state index contributed by atoms with van der Waals surface area (Å²) in [5, 5.41) is 0. The summed E-state index contributed by atoms with van der Waals surface area (Å²) in [6, 6.07) is 0. The van der Waals surface area contributed by atoms with Gasteiger partial charge in [-0.3, -0.25) is 0 Å². The maximum absolute atomic E-state index is 12.3. The lowest BCUT2D eigenvalue weighted by Crippen LogP contribution is -2.48. The molecular weight excluding hydrogens is 300 g/mol. The quantitative estimate of drug-likeness (QED) is 0.601. The van der Waals surface area contributed by atoms with Crippen molar-refractivity contribution in [3.63, 3.8) is 0 Å².